The fourth-order valence-electron chi connectivity index (χ4n) is 2.41. The summed E-state index contributed by atoms with van der Waals surface area (Å²) in [5, 5.41) is 0. The molecule has 2 N–H and O–H groups in total. The zero-order chi connectivity index (χ0) is 12.3. The van der Waals surface area contributed by atoms with Gasteiger partial charge in [-0.25, -0.2) is 0 Å². The fraction of sp³-hybridized carbons (Fsp3) is 1.00. The Balaban J connectivity index is 2.09. The molecule has 0 aliphatic carbocycles. The van der Waals surface area contributed by atoms with Gasteiger partial charge in [-0.15, -0.1) is 0 Å². The van der Waals surface area contributed by atoms with Crippen LogP contribution < -0.4 is 5.73 Å². The summed E-state index contributed by atoms with van der Waals surface area (Å²) < 4.78 is 12.1. The van der Waals surface area contributed by atoms with Gasteiger partial charge in [0.15, 0.2) is 0 Å². The van der Waals surface area contributed by atoms with Gasteiger partial charge in [0.05, 0.1) is 6.67 Å². The molecule has 1 aliphatic rings. The Morgan fingerprint density at radius 2 is 1.47 bits per heavy atom. The molecule has 0 spiro atoms. The third kappa shape index (κ3) is 6.96. The SMILES string of the molecule is NCCCCCN1CCCN(CCCF)CC1. The maximum absolute atomic E-state index is 12.1. The highest BCUT2D eigenvalue weighted by molar-refractivity contribution is 4.69. The van der Waals surface area contributed by atoms with Gasteiger partial charge in [-0.05, 0) is 51.9 Å². The molecule has 1 fully saturated rings. The van der Waals surface area contributed by atoms with Crippen LogP contribution in [0.2, 0.25) is 0 Å². The molecule has 0 aromatic heterocycles. The van der Waals surface area contributed by atoms with Crippen molar-refractivity contribution in [2.75, 3.05) is 52.5 Å². The largest absolute Gasteiger partial charge is 0.330 e. The molecule has 0 aromatic carbocycles. The zero-order valence-corrected chi connectivity index (χ0v) is 11.0. The van der Waals surface area contributed by atoms with Gasteiger partial charge in [0.25, 0.3) is 0 Å². The molecule has 0 bridgehead atoms. The Morgan fingerprint density at radius 1 is 0.824 bits per heavy atom. The third-order valence-corrected chi connectivity index (χ3v) is 3.47. The summed E-state index contributed by atoms with van der Waals surface area (Å²) in [5.74, 6) is 0. The fourth-order valence-corrected chi connectivity index (χ4v) is 2.41. The lowest BCUT2D eigenvalue weighted by molar-refractivity contribution is 0.246. The van der Waals surface area contributed by atoms with Crippen LogP contribution in [0, 0.1) is 0 Å². The molecule has 1 rings (SSSR count). The molecule has 17 heavy (non-hydrogen) atoms. The molecule has 4 heteroatoms. The number of rotatable bonds is 8. The van der Waals surface area contributed by atoms with E-state index in [4.69, 9.17) is 5.73 Å². The van der Waals surface area contributed by atoms with Crippen molar-refractivity contribution in [3.63, 3.8) is 0 Å². The van der Waals surface area contributed by atoms with Crippen LogP contribution in [0.25, 0.3) is 0 Å². The lowest BCUT2D eigenvalue weighted by Crippen LogP contribution is -2.32. The minimum absolute atomic E-state index is 0.181. The van der Waals surface area contributed by atoms with Crippen LogP contribution >= 0.6 is 0 Å². The number of alkyl halides is 1. The van der Waals surface area contributed by atoms with Gasteiger partial charge < -0.3 is 15.5 Å². The number of unbranched alkanes of at least 4 members (excludes halogenated alkanes) is 2. The second kappa shape index (κ2) is 9.80. The molecule has 0 aromatic rings. The Hall–Kier alpha value is -0.190. The minimum atomic E-state index is -0.181. The predicted octanol–water partition coefficient (Wildman–Crippen LogP) is 1.48. The highest BCUT2D eigenvalue weighted by atomic mass is 19.1. The molecular formula is C13H28FN3. The molecule has 1 heterocycles. The topological polar surface area (TPSA) is 32.5 Å². The first-order chi connectivity index (χ1) is 8.36. The molecule has 0 amide bonds. The van der Waals surface area contributed by atoms with E-state index in [2.05, 4.69) is 9.80 Å². The van der Waals surface area contributed by atoms with Gasteiger partial charge in [0.1, 0.15) is 0 Å². The van der Waals surface area contributed by atoms with E-state index in [9.17, 15) is 4.39 Å². The average Bonchev–Trinajstić information content (AvgIpc) is 2.57. The Kier molecular flexibility index (Phi) is 8.57. The molecular weight excluding hydrogens is 217 g/mol. The van der Waals surface area contributed by atoms with E-state index in [0.717, 1.165) is 39.1 Å². The van der Waals surface area contributed by atoms with E-state index >= 15 is 0 Å². The van der Waals surface area contributed by atoms with Crippen molar-refractivity contribution >= 4 is 0 Å². The molecule has 1 saturated heterocycles. The first-order valence-electron chi connectivity index (χ1n) is 7.07. The van der Waals surface area contributed by atoms with E-state index in [0.29, 0.717) is 6.42 Å². The zero-order valence-electron chi connectivity index (χ0n) is 11.0. The summed E-state index contributed by atoms with van der Waals surface area (Å²) in [6.07, 6.45) is 5.58. The van der Waals surface area contributed by atoms with E-state index < -0.39 is 0 Å². The van der Waals surface area contributed by atoms with Crippen LogP contribution in [-0.4, -0.2) is 62.3 Å². The summed E-state index contributed by atoms with van der Waals surface area (Å²) >= 11 is 0. The first kappa shape index (κ1) is 14.9. The van der Waals surface area contributed by atoms with E-state index in [1.165, 1.54) is 32.4 Å². The third-order valence-electron chi connectivity index (χ3n) is 3.47. The van der Waals surface area contributed by atoms with Crippen LogP contribution in [0.5, 0.6) is 0 Å². The molecule has 1 aliphatic heterocycles. The molecule has 0 saturated carbocycles. The van der Waals surface area contributed by atoms with Crippen molar-refractivity contribution in [3.8, 4) is 0 Å². The van der Waals surface area contributed by atoms with Gasteiger partial charge in [-0.3, -0.25) is 4.39 Å². The van der Waals surface area contributed by atoms with Crippen molar-refractivity contribution in [2.24, 2.45) is 5.73 Å². The predicted molar refractivity (Wildman–Crippen MR) is 71.0 cm³/mol. The van der Waals surface area contributed by atoms with Crippen LogP contribution in [0.3, 0.4) is 0 Å². The monoisotopic (exact) mass is 245 g/mol. The van der Waals surface area contributed by atoms with Crippen molar-refractivity contribution in [3.05, 3.63) is 0 Å². The van der Waals surface area contributed by atoms with Crippen molar-refractivity contribution in [2.45, 2.75) is 32.1 Å². The number of hydrogen-bond donors (Lipinski definition) is 1. The minimum Gasteiger partial charge on any atom is -0.330 e. The lowest BCUT2D eigenvalue weighted by Gasteiger charge is -2.21. The number of halogens is 1. The normalized spacial score (nSPS) is 19.4. The van der Waals surface area contributed by atoms with Gasteiger partial charge in [-0.1, -0.05) is 6.42 Å². The summed E-state index contributed by atoms with van der Waals surface area (Å²) in [7, 11) is 0. The van der Waals surface area contributed by atoms with Crippen LogP contribution in [0.1, 0.15) is 32.1 Å². The lowest BCUT2D eigenvalue weighted by atomic mass is 10.2. The van der Waals surface area contributed by atoms with E-state index in [1.807, 2.05) is 0 Å². The van der Waals surface area contributed by atoms with Crippen LogP contribution in [0.15, 0.2) is 0 Å². The molecule has 0 radical (unpaired) electrons. The van der Waals surface area contributed by atoms with Gasteiger partial charge in [-0.2, -0.15) is 0 Å². The van der Waals surface area contributed by atoms with Crippen molar-refractivity contribution in [1.82, 2.24) is 9.80 Å². The quantitative estimate of drug-likeness (QED) is 0.658. The Labute approximate surface area is 105 Å². The second-order valence-electron chi connectivity index (χ2n) is 4.93. The maximum Gasteiger partial charge on any atom is 0.0906 e. The highest BCUT2D eigenvalue weighted by Crippen LogP contribution is 2.06. The molecule has 3 nitrogen and oxygen atoms in total. The van der Waals surface area contributed by atoms with Crippen LogP contribution in [-0.2, 0) is 0 Å². The Morgan fingerprint density at radius 3 is 2.06 bits per heavy atom. The Bertz CT molecular complexity index is 178. The number of nitrogens with two attached hydrogens (primary N) is 1. The summed E-state index contributed by atoms with van der Waals surface area (Å²) in [4.78, 5) is 4.95. The highest BCUT2D eigenvalue weighted by Gasteiger charge is 2.13. The van der Waals surface area contributed by atoms with Gasteiger partial charge in [0.2, 0.25) is 0 Å². The number of hydrogen-bond acceptors (Lipinski definition) is 3. The second-order valence-corrected chi connectivity index (χ2v) is 4.93. The molecule has 102 valence electrons. The first-order valence-corrected chi connectivity index (χ1v) is 7.07. The van der Waals surface area contributed by atoms with E-state index in [-0.39, 0.29) is 6.67 Å². The summed E-state index contributed by atoms with van der Waals surface area (Å²) in [6.45, 7) is 7.37. The van der Waals surface area contributed by atoms with Gasteiger partial charge >= 0.3 is 0 Å². The summed E-state index contributed by atoms with van der Waals surface area (Å²) in [5.41, 5.74) is 5.49. The average molecular weight is 245 g/mol. The van der Waals surface area contributed by atoms with E-state index in [1.54, 1.807) is 0 Å². The maximum atomic E-state index is 12.1. The van der Waals surface area contributed by atoms with Gasteiger partial charge in [0, 0.05) is 19.6 Å². The van der Waals surface area contributed by atoms with Crippen molar-refractivity contribution in [1.29, 1.82) is 0 Å². The summed E-state index contributed by atoms with van der Waals surface area (Å²) in [6, 6.07) is 0. The number of nitrogens with zero attached hydrogens (tertiary/aromatic N) is 2. The molecule has 0 unspecified atom stereocenters. The standard InChI is InChI=1S/C13H28FN3/c14-6-4-9-17-11-5-10-16(12-13-17)8-3-1-2-7-15/h1-13,15H2. The van der Waals surface area contributed by atoms with Crippen LogP contribution in [0.4, 0.5) is 4.39 Å². The molecule has 0 atom stereocenters. The van der Waals surface area contributed by atoms with Crippen molar-refractivity contribution < 1.29 is 4.39 Å². The smallest absolute Gasteiger partial charge is 0.0906 e.